The fourth-order valence-electron chi connectivity index (χ4n) is 2.10. The molecule has 0 aromatic heterocycles. The highest BCUT2D eigenvalue weighted by molar-refractivity contribution is 5.57. The van der Waals surface area contributed by atoms with Gasteiger partial charge in [-0.3, -0.25) is 4.99 Å². The van der Waals surface area contributed by atoms with Gasteiger partial charge < -0.3 is 0 Å². The first kappa shape index (κ1) is 24.1. The number of hydrogen-bond donors (Lipinski definition) is 0. The van der Waals surface area contributed by atoms with Crippen LogP contribution in [0.25, 0.3) is 0 Å². The van der Waals surface area contributed by atoms with Crippen molar-refractivity contribution >= 4 is 6.21 Å². The van der Waals surface area contributed by atoms with Gasteiger partial charge in [0.05, 0.1) is 0 Å². The Kier molecular flexibility index (Phi) is 19.6. The number of rotatable bonds is 15. The van der Waals surface area contributed by atoms with Crippen LogP contribution < -0.4 is 0 Å². The van der Waals surface area contributed by atoms with Gasteiger partial charge in [0.2, 0.25) is 0 Å². The Morgan fingerprint density at radius 1 is 0.538 bits per heavy atom. The van der Waals surface area contributed by atoms with Crippen LogP contribution in [0.2, 0.25) is 0 Å². The molecular formula is C25H39N. The predicted molar refractivity (Wildman–Crippen MR) is 121 cm³/mol. The van der Waals surface area contributed by atoms with Gasteiger partial charge in [-0.15, -0.1) is 0 Å². The van der Waals surface area contributed by atoms with Gasteiger partial charge in [0.1, 0.15) is 0 Å². The zero-order chi connectivity index (χ0) is 19.1. The molecule has 0 aromatic carbocycles. The third kappa shape index (κ3) is 22.1. The van der Waals surface area contributed by atoms with Gasteiger partial charge in [-0.1, -0.05) is 79.8 Å². The van der Waals surface area contributed by atoms with Crippen molar-refractivity contribution in [2.75, 3.05) is 0 Å². The van der Waals surface area contributed by atoms with Crippen molar-refractivity contribution in [2.45, 2.75) is 78.2 Å². The fourth-order valence-corrected chi connectivity index (χ4v) is 2.10. The third-order valence-electron chi connectivity index (χ3n) is 3.46. The van der Waals surface area contributed by atoms with E-state index in [1.807, 2.05) is 6.21 Å². The van der Waals surface area contributed by atoms with E-state index in [4.69, 9.17) is 0 Å². The minimum atomic E-state index is 0.417. The second-order valence-corrected chi connectivity index (χ2v) is 6.42. The molecule has 0 fully saturated rings. The summed E-state index contributed by atoms with van der Waals surface area (Å²) < 4.78 is 0. The number of nitrogens with zero attached hydrogens (tertiary/aromatic N) is 1. The normalized spacial score (nSPS) is 13.7. The summed E-state index contributed by atoms with van der Waals surface area (Å²) in [5.41, 5.74) is 0. The van der Waals surface area contributed by atoms with Crippen molar-refractivity contribution in [2.24, 2.45) is 4.99 Å². The van der Waals surface area contributed by atoms with Gasteiger partial charge in [-0.2, -0.15) is 0 Å². The van der Waals surface area contributed by atoms with Crippen molar-refractivity contribution in [1.29, 1.82) is 0 Å². The molecule has 0 N–H and O–H groups in total. The largest absolute Gasteiger partial charge is 0.295 e. The monoisotopic (exact) mass is 353 g/mol. The minimum absolute atomic E-state index is 0.417. The molecule has 0 atom stereocenters. The summed E-state index contributed by atoms with van der Waals surface area (Å²) in [6.07, 6.45) is 37.2. The molecule has 0 amide bonds. The molecule has 0 heterocycles. The Labute approximate surface area is 162 Å². The molecule has 0 bridgehead atoms. The molecule has 0 aliphatic carbocycles. The van der Waals surface area contributed by atoms with Crippen LogP contribution in [0, 0.1) is 0 Å². The quantitative estimate of drug-likeness (QED) is 0.161. The first-order valence-electron chi connectivity index (χ1n) is 10.2. The van der Waals surface area contributed by atoms with E-state index in [-0.39, 0.29) is 0 Å². The Balaban J connectivity index is 3.52. The van der Waals surface area contributed by atoms with Crippen LogP contribution in [0.15, 0.2) is 77.9 Å². The van der Waals surface area contributed by atoms with Crippen LogP contribution in [0.3, 0.4) is 0 Å². The summed E-state index contributed by atoms with van der Waals surface area (Å²) in [6, 6.07) is 0.417. The molecule has 144 valence electrons. The third-order valence-corrected chi connectivity index (χ3v) is 3.46. The number of unbranched alkanes of at least 4 members (excludes halogenated alkanes) is 1. The molecule has 0 rings (SSSR count). The highest BCUT2D eigenvalue weighted by Crippen LogP contribution is 1.97. The lowest BCUT2D eigenvalue weighted by atomic mass is 10.2. The summed E-state index contributed by atoms with van der Waals surface area (Å²) in [5, 5.41) is 0. The Morgan fingerprint density at radius 3 is 1.31 bits per heavy atom. The highest BCUT2D eigenvalue weighted by Gasteiger charge is 1.82. The topological polar surface area (TPSA) is 12.4 Å². The van der Waals surface area contributed by atoms with Gasteiger partial charge in [0.15, 0.2) is 0 Å². The average molecular weight is 354 g/mol. The summed E-state index contributed by atoms with van der Waals surface area (Å²) in [5.74, 6) is 0. The van der Waals surface area contributed by atoms with Gasteiger partial charge in [-0.25, -0.2) is 0 Å². The van der Waals surface area contributed by atoms with Crippen LogP contribution in [-0.4, -0.2) is 12.3 Å². The van der Waals surface area contributed by atoms with Crippen LogP contribution >= 0.6 is 0 Å². The van der Waals surface area contributed by atoms with E-state index in [0.29, 0.717) is 6.04 Å². The maximum absolute atomic E-state index is 4.35. The molecule has 0 aliphatic heterocycles. The van der Waals surface area contributed by atoms with Crippen LogP contribution in [0.5, 0.6) is 0 Å². The summed E-state index contributed by atoms with van der Waals surface area (Å²) in [6.45, 7) is 6.37. The van der Waals surface area contributed by atoms with Crippen LogP contribution in [0.1, 0.15) is 72.1 Å². The first-order chi connectivity index (χ1) is 12.8. The smallest absolute Gasteiger partial charge is 0.0439 e. The average Bonchev–Trinajstić information content (AvgIpc) is 2.62. The van der Waals surface area contributed by atoms with E-state index >= 15 is 0 Å². The molecule has 0 aliphatic rings. The van der Waals surface area contributed by atoms with E-state index < -0.39 is 0 Å². The Hall–Kier alpha value is -1.89. The predicted octanol–water partition coefficient (Wildman–Crippen LogP) is 7.94. The fraction of sp³-hybridized carbons (Fsp3) is 0.480. The lowest BCUT2D eigenvalue weighted by Gasteiger charge is -1.92. The number of aliphatic imine (C=N–C) groups is 1. The van der Waals surface area contributed by atoms with E-state index in [2.05, 4.69) is 98.7 Å². The molecule has 0 aromatic rings. The van der Waals surface area contributed by atoms with Gasteiger partial charge >= 0.3 is 0 Å². The van der Waals surface area contributed by atoms with E-state index in [1.165, 1.54) is 0 Å². The SMILES string of the molecule is CC/C=C\C/C=C\C/C=C\C/C=C\C/C=C\C/C=C\CC/C=N/C(C)C. The zero-order valence-electron chi connectivity index (χ0n) is 17.2. The minimum Gasteiger partial charge on any atom is -0.295 e. The Morgan fingerprint density at radius 2 is 0.923 bits per heavy atom. The van der Waals surface area contributed by atoms with Crippen molar-refractivity contribution < 1.29 is 0 Å². The van der Waals surface area contributed by atoms with Gasteiger partial charge in [0, 0.05) is 6.04 Å². The standard InChI is InChI=1S/C25H39N/c1-4-5-6-7-8-9-10-11-12-13-14-15-16-17-18-19-20-21-22-23-24-26-25(2)3/h5-6,8-9,11-12,14-15,17-18,20-21,24-25H,4,7,10,13,16,19,22-23H2,1-3H3/b6-5-,9-8-,12-11-,15-14-,18-17-,21-20-,26-24+. The molecule has 1 nitrogen and oxygen atoms in total. The summed E-state index contributed by atoms with van der Waals surface area (Å²) >= 11 is 0. The summed E-state index contributed by atoms with van der Waals surface area (Å²) in [4.78, 5) is 4.35. The highest BCUT2D eigenvalue weighted by atomic mass is 14.7. The molecule has 1 heteroatoms. The van der Waals surface area contributed by atoms with Crippen molar-refractivity contribution in [3.8, 4) is 0 Å². The second kappa shape index (κ2) is 21.2. The van der Waals surface area contributed by atoms with Crippen LogP contribution in [-0.2, 0) is 0 Å². The second-order valence-electron chi connectivity index (χ2n) is 6.42. The van der Waals surface area contributed by atoms with Crippen molar-refractivity contribution in [3.63, 3.8) is 0 Å². The van der Waals surface area contributed by atoms with Gasteiger partial charge in [0.25, 0.3) is 0 Å². The maximum atomic E-state index is 4.35. The Bertz CT molecular complexity index is 484. The van der Waals surface area contributed by atoms with E-state index in [0.717, 1.165) is 51.4 Å². The zero-order valence-corrected chi connectivity index (χ0v) is 17.2. The molecule has 0 unspecified atom stereocenters. The van der Waals surface area contributed by atoms with Crippen molar-refractivity contribution in [1.82, 2.24) is 0 Å². The lowest BCUT2D eigenvalue weighted by Crippen LogP contribution is -1.88. The number of hydrogen-bond acceptors (Lipinski definition) is 1. The van der Waals surface area contributed by atoms with E-state index in [1.54, 1.807) is 0 Å². The number of allylic oxidation sites excluding steroid dienone is 12. The molecule has 0 saturated heterocycles. The van der Waals surface area contributed by atoms with Gasteiger partial charge in [-0.05, 0) is 71.4 Å². The molecule has 0 spiro atoms. The first-order valence-corrected chi connectivity index (χ1v) is 10.2. The maximum Gasteiger partial charge on any atom is 0.0439 e. The molecule has 0 radical (unpaired) electrons. The molecule has 26 heavy (non-hydrogen) atoms. The molecular weight excluding hydrogens is 314 g/mol. The van der Waals surface area contributed by atoms with Crippen LogP contribution in [0.4, 0.5) is 0 Å². The van der Waals surface area contributed by atoms with Crippen molar-refractivity contribution in [3.05, 3.63) is 72.9 Å². The lowest BCUT2D eigenvalue weighted by molar-refractivity contribution is 0.835. The summed E-state index contributed by atoms with van der Waals surface area (Å²) in [7, 11) is 0. The van der Waals surface area contributed by atoms with E-state index in [9.17, 15) is 0 Å². The molecule has 0 saturated carbocycles.